The quantitative estimate of drug-likeness (QED) is 0.414. The molecule has 1 aromatic carbocycles. The number of imidazole rings is 1. The second kappa shape index (κ2) is 9.06. The molecule has 0 bridgehead atoms. The maximum absolute atomic E-state index is 12.2. The van der Waals surface area contributed by atoms with Crippen molar-refractivity contribution in [2.24, 2.45) is 11.3 Å². The Balaban J connectivity index is 1.53. The van der Waals surface area contributed by atoms with Gasteiger partial charge in [0.15, 0.2) is 0 Å². The molecule has 0 spiro atoms. The number of carboxylic acid groups (broad SMARTS) is 1. The smallest absolute Gasteiger partial charge is 0.414 e. The molecule has 9 heteroatoms. The molecule has 2 unspecified atom stereocenters. The van der Waals surface area contributed by atoms with Crippen LogP contribution in [0.5, 0.6) is 0 Å². The Labute approximate surface area is 207 Å². The first kappa shape index (κ1) is 24.3. The molecule has 1 amide bonds. The van der Waals surface area contributed by atoms with E-state index in [1.807, 2.05) is 39.2 Å². The Bertz CT molecular complexity index is 1250. The van der Waals surface area contributed by atoms with Crippen molar-refractivity contribution in [3.8, 4) is 6.07 Å². The van der Waals surface area contributed by atoms with Crippen LogP contribution in [0.3, 0.4) is 0 Å². The highest BCUT2D eigenvalue weighted by atomic mass is 79.9. The second-order valence-corrected chi connectivity index (χ2v) is 11.5. The zero-order valence-corrected chi connectivity index (χ0v) is 21.6. The molecule has 1 fully saturated rings. The van der Waals surface area contributed by atoms with Gasteiger partial charge in [-0.25, -0.2) is 14.7 Å². The number of benzene rings is 1. The molecule has 2 atom stereocenters. The molecule has 3 aromatic rings. The third-order valence-corrected chi connectivity index (χ3v) is 7.44. The molecule has 1 aliphatic carbocycles. The van der Waals surface area contributed by atoms with Crippen molar-refractivity contribution in [2.75, 3.05) is 11.4 Å². The largest absolute Gasteiger partial charge is 0.465 e. The van der Waals surface area contributed by atoms with Gasteiger partial charge < -0.3 is 14.2 Å². The van der Waals surface area contributed by atoms with Crippen molar-refractivity contribution < 1.29 is 14.4 Å². The van der Waals surface area contributed by atoms with E-state index >= 15 is 0 Å². The van der Waals surface area contributed by atoms with Gasteiger partial charge in [-0.15, -0.1) is 0 Å². The first-order chi connectivity index (χ1) is 16.0. The molecule has 0 aliphatic heterocycles. The first-order valence-corrected chi connectivity index (χ1v) is 12.3. The standard InChI is InChI=1S/C25H30BrN5O3/c1-24(2,3)21-20(26)22(34-29-21)31(23(32)33)13-17-6-5-9-25(4,11-17)14-30-15-28-18-8-7-16(12-27)10-19(18)30/h7-8,10,15,17H,5-6,9,11,13-14H2,1-4H3,(H,32,33). The van der Waals surface area contributed by atoms with Gasteiger partial charge in [0, 0.05) is 18.5 Å². The van der Waals surface area contributed by atoms with Gasteiger partial charge in [0.05, 0.1) is 29.0 Å². The van der Waals surface area contributed by atoms with Gasteiger partial charge in [-0.05, 0) is 64.7 Å². The molecule has 2 heterocycles. The highest BCUT2D eigenvalue weighted by Crippen LogP contribution is 2.43. The first-order valence-electron chi connectivity index (χ1n) is 11.5. The Hall–Kier alpha value is -2.86. The van der Waals surface area contributed by atoms with Crippen molar-refractivity contribution in [2.45, 2.75) is 65.3 Å². The molecule has 1 saturated carbocycles. The number of aromatic nitrogens is 3. The van der Waals surface area contributed by atoms with E-state index in [4.69, 9.17) is 4.52 Å². The maximum Gasteiger partial charge on any atom is 0.414 e. The second-order valence-electron chi connectivity index (χ2n) is 10.8. The van der Waals surface area contributed by atoms with Gasteiger partial charge in [-0.3, -0.25) is 0 Å². The van der Waals surface area contributed by atoms with E-state index in [-0.39, 0.29) is 22.6 Å². The summed E-state index contributed by atoms with van der Waals surface area (Å²) in [5, 5.41) is 23.4. The summed E-state index contributed by atoms with van der Waals surface area (Å²) in [6.45, 7) is 9.41. The average Bonchev–Trinajstić information content (AvgIpc) is 3.34. The number of hydrogen-bond donors (Lipinski definition) is 1. The van der Waals surface area contributed by atoms with Crippen LogP contribution in [-0.4, -0.2) is 32.5 Å². The Morgan fingerprint density at radius 1 is 1.44 bits per heavy atom. The number of rotatable bonds is 5. The lowest BCUT2D eigenvalue weighted by Crippen LogP contribution is -2.39. The van der Waals surface area contributed by atoms with E-state index in [1.54, 1.807) is 6.07 Å². The summed E-state index contributed by atoms with van der Waals surface area (Å²) in [6.07, 6.45) is 4.70. The minimum atomic E-state index is -1.05. The third-order valence-electron chi connectivity index (χ3n) is 6.72. The van der Waals surface area contributed by atoms with Crippen molar-refractivity contribution in [1.82, 2.24) is 14.7 Å². The summed E-state index contributed by atoms with van der Waals surface area (Å²) in [5.41, 5.74) is 2.86. The summed E-state index contributed by atoms with van der Waals surface area (Å²) < 4.78 is 8.22. The van der Waals surface area contributed by atoms with Crippen molar-refractivity contribution >= 4 is 38.9 Å². The molecule has 8 nitrogen and oxygen atoms in total. The number of nitrogens with zero attached hydrogens (tertiary/aromatic N) is 5. The minimum absolute atomic E-state index is 0.0153. The van der Waals surface area contributed by atoms with Gasteiger partial charge >= 0.3 is 6.09 Å². The summed E-state index contributed by atoms with van der Waals surface area (Å²) in [7, 11) is 0. The van der Waals surface area contributed by atoms with Crippen LogP contribution >= 0.6 is 15.9 Å². The van der Waals surface area contributed by atoms with Crippen molar-refractivity contribution in [1.29, 1.82) is 5.26 Å². The van der Waals surface area contributed by atoms with Crippen LogP contribution in [-0.2, 0) is 12.0 Å². The summed E-state index contributed by atoms with van der Waals surface area (Å²) in [4.78, 5) is 18.0. The van der Waals surface area contributed by atoms with E-state index in [9.17, 15) is 15.2 Å². The lowest BCUT2D eigenvalue weighted by atomic mass is 9.70. The number of nitriles is 1. The van der Waals surface area contributed by atoms with E-state index in [0.717, 1.165) is 43.3 Å². The number of amides is 1. The fraction of sp³-hybridized carbons (Fsp3) is 0.520. The van der Waals surface area contributed by atoms with Crippen molar-refractivity contribution in [3.05, 3.63) is 40.3 Å². The van der Waals surface area contributed by atoms with Gasteiger partial charge in [0.2, 0.25) is 0 Å². The number of halogens is 1. The minimum Gasteiger partial charge on any atom is -0.465 e. The highest BCUT2D eigenvalue weighted by Gasteiger charge is 2.37. The van der Waals surface area contributed by atoms with Gasteiger partial charge in [-0.2, -0.15) is 5.26 Å². The van der Waals surface area contributed by atoms with Gasteiger partial charge in [0.25, 0.3) is 5.88 Å². The average molecular weight is 528 g/mol. The molecule has 34 heavy (non-hydrogen) atoms. The molecule has 1 aliphatic rings. The van der Waals surface area contributed by atoms with Crippen LogP contribution < -0.4 is 4.90 Å². The summed E-state index contributed by atoms with van der Waals surface area (Å²) in [6, 6.07) is 7.74. The zero-order valence-electron chi connectivity index (χ0n) is 20.0. The summed E-state index contributed by atoms with van der Waals surface area (Å²) in [5.74, 6) is 0.434. The fourth-order valence-electron chi connectivity index (χ4n) is 5.09. The summed E-state index contributed by atoms with van der Waals surface area (Å²) >= 11 is 3.52. The molecule has 4 rings (SSSR count). The number of fused-ring (bicyclic) bond motifs is 1. The predicted molar refractivity (Wildman–Crippen MR) is 133 cm³/mol. The van der Waals surface area contributed by atoms with Crippen LogP contribution in [0.15, 0.2) is 33.5 Å². The van der Waals surface area contributed by atoms with E-state index in [0.29, 0.717) is 22.3 Å². The van der Waals surface area contributed by atoms with Crippen LogP contribution in [0, 0.1) is 22.7 Å². The van der Waals surface area contributed by atoms with Crippen LogP contribution in [0.1, 0.15) is 64.6 Å². The molecule has 1 N–H and O–H groups in total. The fourth-order valence-corrected chi connectivity index (χ4v) is 6.05. The Morgan fingerprint density at radius 3 is 2.85 bits per heavy atom. The van der Waals surface area contributed by atoms with Crippen LogP contribution in [0.25, 0.3) is 11.0 Å². The number of hydrogen-bond acceptors (Lipinski definition) is 5. The topological polar surface area (TPSA) is 108 Å². The lowest BCUT2D eigenvalue weighted by molar-refractivity contribution is 0.135. The highest BCUT2D eigenvalue weighted by molar-refractivity contribution is 9.10. The van der Waals surface area contributed by atoms with E-state index < -0.39 is 6.09 Å². The SMILES string of the molecule is CC1(Cn2cnc3ccc(C#N)cc32)CCCC(CN(C(=O)O)c2onc(C(C)(C)C)c2Br)C1. The number of carbonyl (C=O) groups is 1. The molecular formula is C25H30BrN5O3. The molecule has 0 saturated heterocycles. The van der Waals surface area contributed by atoms with Crippen LogP contribution in [0.2, 0.25) is 0 Å². The van der Waals surface area contributed by atoms with Gasteiger partial charge in [0.1, 0.15) is 10.2 Å². The molecule has 2 aromatic heterocycles. The lowest BCUT2D eigenvalue weighted by Gasteiger charge is -2.39. The van der Waals surface area contributed by atoms with Gasteiger partial charge in [-0.1, -0.05) is 39.3 Å². The monoisotopic (exact) mass is 527 g/mol. The molecule has 0 radical (unpaired) electrons. The predicted octanol–water partition coefficient (Wildman–Crippen LogP) is 6.34. The third kappa shape index (κ3) is 4.83. The number of anilines is 1. The Morgan fingerprint density at radius 2 is 2.21 bits per heavy atom. The van der Waals surface area contributed by atoms with E-state index in [1.165, 1.54) is 4.90 Å². The molecule has 180 valence electrons. The van der Waals surface area contributed by atoms with E-state index in [2.05, 4.69) is 43.6 Å². The Kier molecular flexibility index (Phi) is 6.47. The maximum atomic E-state index is 12.2. The molecular weight excluding hydrogens is 498 g/mol. The zero-order chi connectivity index (χ0) is 24.7. The van der Waals surface area contributed by atoms with Crippen LogP contribution in [0.4, 0.5) is 10.7 Å². The van der Waals surface area contributed by atoms with Crippen molar-refractivity contribution in [3.63, 3.8) is 0 Å². The normalized spacial score (nSPS) is 20.9.